The molecular formula is C17H20N2. The van der Waals surface area contributed by atoms with Gasteiger partial charge in [0, 0.05) is 25.3 Å². The first-order valence-electron chi connectivity index (χ1n) is 7.02. The molecule has 3 rings (SSSR count). The van der Waals surface area contributed by atoms with E-state index in [4.69, 9.17) is 0 Å². The van der Waals surface area contributed by atoms with E-state index in [1.165, 1.54) is 16.8 Å². The molecule has 0 fully saturated rings. The Morgan fingerprint density at radius 3 is 2.58 bits per heavy atom. The highest BCUT2D eigenvalue weighted by atomic mass is 15.2. The minimum Gasteiger partial charge on any atom is -0.370 e. The maximum absolute atomic E-state index is 3.68. The van der Waals surface area contributed by atoms with Crippen molar-refractivity contribution in [1.29, 1.82) is 0 Å². The van der Waals surface area contributed by atoms with Crippen LogP contribution in [0.4, 0.5) is 5.69 Å². The van der Waals surface area contributed by atoms with Crippen LogP contribution in [0, 0.1) is 0 Å². The van der Waals surface area contributed by atoms with Gasteiger partial charge in [0.15, 0.2) is 0 Å². The number of hydrogen-bond donors (Lipinski definition) is 1. The van der Waals surface area contributed by atoms with E-state index < -0.39 is 0 Å². The maximum atomic E-state index is 3.68. The Kier molecular flexibility index (Phi) is 3.51. The van der Waals surface area contributed by atoms with Gasteiger partial charge in [0.2, 0.25) is 0 Å². The molecule has 0 spiro atoms. The lowest BCUT2D eigenvalue weighted by atomic mass is 9.97. The second kappa shape index (κ2) is 5.45. The summed E-state index contributed by atoms with van der Waals surface area (Å²) in [5.74, 6) is 0. The third-order valence-corrected chi connectivity index (χ3v) is 3.83. The average Bonchev–Trinajstić information content (AvgIpc) is 2.67. The van der Waals surface area contributed by atoms with Crippen LogP contribution in [-0.2, 0) is 0 Å². The van der Waals surface area contributed by atoms with E-state index in [0.29, 0.717) is 6.04 Å². The minimum atomic E-state index is 0.300. The molecule has 2 aromatic rings. The number of fused-ring (bicyclic) bond motifs is 1. The number of hydrogen-bond acceptors (Lipinski definition) is 2. The predicted octanol–water partition coefficient (Wildman–Crippen LogP) is 3.21. The zero-order valence-corrected chi connectivity index (χ0v) is 11.3. The molecule has 1 N–H and O–H groups in total. The van der Waals surface area contributed by atoms with Crippen molar-refractivity contribution < 1.29 is 0 Å². The first-order valence-corrected chi connectivity index (χ1v) is 7.02. The van der Waals surface area contributed by atoms with Crippen LogP contribution in [0.25, 0.3) is 0 Å². The number of para-hydroxylation sites is 1. The molecule has 2 heteroatoms. The topological polar surface area (TPSA) is 15.3 Å². The Balaban J connectivity index is 2.07. The third kappa shape index (κ3) is 2.36. The summed E-state index contributed by atoms with van der Waals surface area (Å²) in [7, 11) is 0. The summed E-state index contributed by atoms with van der Waals surface area (Å²) < 4.78 is 0. The van der Waals surface area contributed by atoms with Crippen LogP contribution >= 0.6 is 0 Å². The number of anilines is 1. The van der Waals surface area contributed by atoms with Crippen LogP contribution in [0.5, 0.6) is 0 Å². The SMILES string of the molecule is CCN1CCNC(c2ccccc2)c2ccccc21. The Bertz CT molecular complexity index is 536. The Hall–Kier alpha value is -1.80. The molecule has 2 nitrogen and oxygen atoms in total. The molecule has 98 valence electrons. The molecule has 0 saturated carbocycles. The van der Waals surface area contributed by atoms with Gasteiger partial charge in [0.05, 0.1) is 6.04 Å². The van der Waals surface area contributed by atoms with Crippen LogP contribution in [-0.4, -0.2) is 19.6 Å². The van der Waals surface area contributed by atoms with E-state index in [9.17, 15) is 0 Å². The van der Waals surface area contributed by atoms with E-state index >= 15 is 0 Å². The van der Waals surface area contributed by atoms with Crippen LogP contribution in [0.2, 0.25) is 0 Å². The summed E-state index contributed by atoms with van der Waals surface area (Å²) in [4.78, 5) is 2.45. The van der Waals surface area contributed by atoms with Crippen molar-refractivity contribution in [3.63, 3.8) is 0 Å². The second-order valence-electron chi connectivity index (χ2n) is 4.94. The molecule has 2 aromatic carbocycles. The highest BCUT2D eigenvalue weighted by molar-refractivity contribution is 5.57. The molecule has 1 heterocycles. The number of benzene rings is 2. The number of nitrogens with zero attached hydrogens (tertiary/aromatic N) is 1. The molecule has 0 bridgehead atoms. The van der Waals surface area contributed by atoms with Gasteiger partial charge in [-0.25, -0.2) is 0 Å². The molecule has 0 radical (unpaired) electrons. The summed E-state index contributed by atoms with van der Waals surface area (Å²) in [5, 5.41) is 3.68. The molecule has 1 atom stereocenters. The molecule has 0 amide bonds. The number of nitrogens with one attached hydrogen (secondary N) is 1. The van der Waals surface area contributed by atoms with E-state index in [1.807, 2.05) is 0 Å². The predicted molar refractivity (Wildman–Crippen MR) is 80.6 cm³/mol. The molecule has 0 aromatic heterocycles. The fourth-order valence-corrected chi connectivity index (χ4v) is 2.87. The van der Waals surface area contributed by atoms with Gasteiger partial charge in [-0.15, -0.1) is 0 Å². The van der Waals surface area contributed by atoms with Crippen LogP contribution < -0.4 is 10.2 Å². The summed E-state index contributed by atoms with van der Waals surface area (Å²) in [6.07, 6.45) is 0. The molecular weight excluding hydrogens is 232 g/mol. The highest BCUT2D eigenvalue weighted by Crippen LogP contribution is 2.32. The zero-order chi connectivity index (χ0) is 13.1. The molecule has 1 unspecified atom stereocenters. The summed E-state index contributed by atoms with van der Waals surface area (Å²) in [6.45, 7) is 5.36. The standard InChI is InChI=1S/C17H20N2/c1-2-19-13-12-18-17(14-8-4-3-5-9-14)15-10-6-7-11-16(15)19/h3-11,17-18H,2,12-13H2,1H3. The van der Waals surface area contributed by atoms with Crippen molar-refractivity contribution >= 4 is 5.69 Å². The molecule has 19 heavy (non-hydrogen) atoms. The lowest BCUT2D eigenvalue weighted by Crippen LogP contribution is -2.29. The first kappa shape index (κ1) is 12.2. The van der Waals surface area contributed by atoms with Gasteiger partial charge < -0.3 is 10.2 Å². The molecule has 1 aliphatic rings. The van der Waals surface area contributed by atoms with Crippen LogP contribution in [0.15, 0.2) is 54.6 Å². The quantitative estimate of drug-likeness (QED) is 0.883. The van der Waals surface area contributed by atoms with Crippen LogP contribution in [0.3, 0.4) is 0 Å². The number of likely N-dealkylation sites (N-methyl/N-ethyl adjacent to an activating group) is 1. The van der Waals surface area contributed by atoms with Crippen molar-refractivity contribution in [3.8, 4) is 0 Å². The summed E-state index contributed by atoms with van der Waals surface area (Å²) in [5.41, 5.74) is 4.09. The maximum Gasteiger partial charge on any atom is 0.0597 e. The molecule has 0 aliphatic carbocycles. The van der Waals surface area contributed by atoms with Gasteiger partial charge in [0.25, 0.3) is 0 Å². The second-order valence-corrected chi connectivity index (χ2v) is 4.94. The van der Waals surface area contributed by atoms with Crippen LogP contribution in [0.1, 0.15) is 24.1 Å². The molecule has 1 aliphatic heterocycles. The Morgan fingerprint density at radius 2 is 1.79 bits per heavy atom. The Labute approximate surface area is 115 Å². The third-order valence-electron chi connectivity index (χ3n) is 3.83. The van der Waals surface area contributed by atoms with Crippen molar-refractivity contribution in [1.82, 2.24) is 5.32 Å². The zero-order valence-electron chi connectivity index (χ0n) is 11.3. The van der Waals surface area contributed by atoms with E-state index in [0.717, 1.165) is 19.6 Å². The first-order chi connectivity index (χ1) is 9.40. The summed E-state index contributed by atoms with van der Waals surface area (Å²) in [6, 6.07) is 19.8. The van der Waals surface area contributed by atoms with Gasteiger partial charge in [0.1, 0.15) is 0 Å². The fourth-order valence-electron chi connectivity index (χ4n) is 2.87. The summed E-state index contributed by atoms with van der Waals surface area (Å²) >= 11 is 0. The van der Waals surface area contributed by atoms with E-state index in [1.54, 1.807) is 0 Å². The van der Waals surface area contributed by atoms with Gasteiger partial charge in [-0.1, -0.05) is 48.5 Å². The lowest BCUT2D eigenvalue weighted by Gasteiger charge is -2.24. The van der Waals surface area contributed by atoms with Gasteiger partial charge in [-0.3, -0.25) is 0 Å². The minimum absolute atomic E-state index is 0.300. The Morgan fingerprint density at radius 1 is 1.05 bits per heavy atom. The van der Waals surface area contributed by atoms with E-state index in [2.05, 4.69) is 71.7 Å². The number of rotatable bonds is 2. The normalized spacial score (nSPS) is 18.8. The van der Waals surface area contributed by atoms with Gasteiger partial charge >= 0.3 is 0 Å². The van der Waals surface area contributed by atoms with Crippen molar-refractivity contribution in [2.45, 2.75) is 13.0 Å². The smallest absolute Gasteiger partial charge is 0.0597 e. The molecule has 0 saturated heterocycles. The van der Waals surface area contributed by atoms with Crippen molar-refractivity contribution in [3.05, 3.63) is 65.7 Å². The lowest BCUT2D eigenvalue weighted by molar-refractivity contribution is 0.622. The fraction of sp³-hybridized carbons (Fsp3) is 0.294. The largest absolute Gasteiger partial charge is 0.370 e. The van der Waals surface area contributed by atoms with Gasteiger partial charge in [-0.05, 0) is 24.1 Å². The van der Waals surface area contributed by atoms with Gasteiger partial charge in [-0.2, -0.15) is 0 Å². The highest BCUT2D eigenvalue weighted by Gasteiger charge is 2.22. The van der Waals surface area contributed by atoms with Crippen molar-refractivity contribution in [2.75, 3.05) is 24.5 Å². The average molecular weight is 252 g/mol. The van der Waals surface area contributed by atoms with Crippen molar-refractivity contribution in [2.24, 2.45) is 0 Å². The van der Waals surface area contributed by atoms with E-state index in [-0.39, 0.29) is 0 Å². The monoisotopic (exact) mass is 252 g/mol.